The molecule has 0 fully saturated rings. The molecule has 0 aliphatic heterocycles. The summed E-state index contributed by atoms with van der Waals surface area (Å²) < 4.78 is 0. The van der Waals surface area contributed by atoms with Gasteiger partial charge in [-0.05, 0) is 29.9 Å². The highest BCUT2D eigenvalue weighted by Gasteiger charge is 2.46. The molecule has 1 unspecified atom stereocenters. The smallest absolute Gasteiger partial charge is 0.0467 e. The summed E-state index contributed by atoms with van der Waals surface area (Å²) >= 11 is 0. The van der Waals surface area contributed by atoms with Gasteiger partial charge in [-0.15, -0.1) is 0 Å². The molecule has 1 rings (SSSR count). The summed E-state index contributed by atoms with van der Waals surface area (Å²) in [7, 11) is 2.24. The molecule has 1 aromatic rings. The van der Waals surface area contributed by atoms with Gasteiger partial charge in [0, 0.05) is 18.3 Å². The van der Waals surface area contributed by atoms with Crippen LogP contribution in [0.5, 0.6) is 0 Å². The van der Waals surface area contributed by atoms with Crippen LogP contribution in [0.3, 0.4) is 0 Å². The minimum Gasteiger partial charge on any atom is -0.368 e. The molecular formula is C17H29N. The van der Waals surface area contributed by atoms with Crippen molar-refractivity contribution in [3.63, 3.8) is 0 Å². The van der Waals surface area contributed by atoms with Gasteiger partial charge in [0.1, 0.15) is 0 Å². The summed E-state index contributed by atoms with van der Waals surface area (Å²) in [5.41, 5.74) is 1.72. The van der Waals surface area contributed by atoms with Crippen LogP contribution in [-0.4, -0.2) is 12.6 Å². The van der Waals surface area contributed by atoms with Gasteiger partial charge in [0.15, 0.2) is 0 Å². The van der Waals surface area contributed by atoms with Crippen molar-refractivity contribution in [2.24, 2.45) is 11.3 Å². The van der Waals surface area contributed by atoms with Gasteiger partial charge in [-0.3, -0.25) is 0 Å². The van der Waals surface area contributed by atoms with Crippen molar-refractivity contribution in [2.45, 2.75) is 53.5 Å². The topological polar surface area (TPSA) is 3.24 Å². The molecule has 1 aromatic carbocycles. The molecule has 0 bridgehead atoms. The van der Waals surface area contributed by atoms with E-state index in [1.54, 1.807) is 0 Å². The van der Waals surface area contributed by atoms with E-state index < -0.39 is 0 Å². The molecule has 0 radical (unpaired) electrons. The predicted octanol–water partition coefficient (Wildman–Crippen LogP) is 4.97. The highest BCUT2D eigenvalue weighted by molar-refractivity contribution is 5.49. The number of anilines is 1. The number of hydrogen-bond acceptors (Lipinski definition) is 1. The zero-order valence-corrected chi connectivity index (χ0v) is 13.1. The van der Waals surface area contributed by atoms with Crippen molar-refractivity contribution in [3.8, 4) is 0 Å². The molecule has 0 amide bonds. The van der Waals surface area contributed by atoms with Gasteiger partial charge >= 0.3 is 0 Å². The van der Waals surface area contributed by atoms with Gasteiger partial charge in [0.05, 0.1) is 0 Å². The summed E-state index contributed by atoms with van der Waals surface area (Å²) in [5, 5.41) is 0. The first-order valence-electron chi connectivity index (χ1n) is 7.06. The molecule has 0 aliphatic carbocycles. The summed E-state index contributed by atoms with van der Waals surface area (Å²) in [6.45, 7) is 14.1. The zero-order chi connectivity index (χ0) is 14.0. The third-order valence-electron chi connectivity index (χ3n) is 4.53. The molecule has 1 atom stereocenters. The second-order valence-electron chi connectivity index (χ2n) is 6.58. The normalized spacial score (nSPS) is 15.6. The quantitative estimate of drug-likeness (QED) is 0.726. The first-order valence-corrected chi connectivity index (χ1v) is 7.06. The Hall–Kier alpha value is -0.980. The standard InChI is InChI=1S/C17H29N/c1-8-17(14(2)3,16(4,5)6)18(7)15-12-10-9-11-13-15/h9-14H,8H2,1-7H3. The Morgan fingerprint density at radius 3 is 1.89 bits per heavy atom. The molecular weight excluding hydrogens is 218 g/mol. The summed E-state index contributed by atoms with van der Waals surface area (Å²) in [5.74, 6) is 0.604. The Morgan fingerprint density at radius 1 is 1.06 bits per heavy atom. The van der Waals surface area contributed by atoms with E-state index in [0.717, 1.165) is 6.42 Å². The van der Waals surface area contributed by atoms with Gasteiger partial charge in [-0.25, -0.2) is 0 Å². The van der Waals surface area contributed by atoms with Crippen molar-refractivity contribution >= 4 is 5.69 Å². The van der Waals surface area contributed by atoms with Crippen molar-refractivity contribution in [2.75, 3.05) is 11.9 Å². The SMILES string of the molecule is CCC(C(C)C)(N(C)c1ccccc1)C(C)(C)C. The Kier molecular flexibility index (Phi) is 4.47. The van der Waals surface area contributed by atoms with Crippen molar-refractivity contribution in [1.29, 1.82) is 0 Å². The minimum atomic E-state index is 0.175. The van der Waals surface area contributed by atoms with Crippen LogP contribution in [0.2, 0.25) is 0 Å². The Morgan fingerprint density at radius 2 is 1.56 bits per heavy atom. The molecule has 0 saturated carbocycles. The van der Waals surface area contributed by atoms with Crippen molar-refractivity contribution in [3.05, 3.63) is 30.3 Å². The van der Waals surface area contributed by atoms with Gasteiger partial charge in [-0.1, -0.05) is 59.7 Å². The van der Waals surface area contributed by atoms with E-state index in [1.807, 2.05) is 0 Å². The molecule has 1 nitrogen and oxygen atoms in total. The molecule has 0 saturated heterocycles. The maximum absolute atomic E-state index is 2.48. The monoisotopic (exact) mass is 247 g/mol. The van der Waals surface area contributed by atoms with Crippen molar-refractivity contribution < 1.29 is 0 Å². The number of nitrogens with zero attached hydrogens (tertiary/aromatic N) is 1. The average molecular weight is 247 g/mol. The third kappa shape index (κ3) is 2.41. The second kappa shape index (κ2) is 5.34. The van der Waals surface area contributed by atoms with E-state index in [4.69, 9.17) is 0 Å². The molecule has 1 heteroatoms. The number of rotatable bonds is 4. The molecule has 102 valence electrons. The first kappa shape index (κ1) is 15.1. The van der Waals surface area contributed by atoms with Crippen LogP contribution in [0.4, 0.5) is 5.69 Å². The Balaban J connectivity index is 3.28. The van der Waals surface area contributed by atoms with Crippen LogP contribution < -0.4 is 4.90 Å². The van der Waals surface area contributed by atoms with Crippen molar-refractivity contribution in [1.82, 2.24) is 0 Å². The number of benzene rings is 1. The predicted molar refractivity (Wildman–Crippen MR) is 82.2 cm³/mol. The van der Waals surface area contributed by atoms with E-state index in [0.29, 0.717) is 5.92 Å². The maximum atomic E-state index is 2.48. The van der Waals surface area contributed by atoms with E-state index in [1.165, 1.54) is 5.69 Å². The van der Waals surface area contributed by atoms with Gasteiger partial charge < -0.3 is 4.90 Å². The van der Waals surface area contributed by atoms with E-state index in [9.17, 15) is 0 Å². The van der Waals surface area contributed by atoms with E-state index >= 15 is 0 Å². The highest BCUT2D eigenvalue weighted by Crippen LogP contribution is 2.45. The molecule has 0 heterocycles. The van der Waals surface area contributed by atoms with Crippen LogP contribution in [0.15, 0.2) is 30.3 Å². The molecule has 18 heavy (non-hydrogen) atoms. The lowest BCUT2D eigenvalue weighted by Gasteiger charge is -2.54. The largest absolute Gasteiger partial charge is 0.368 e. The molecule has 0 aliphatic rings. The maximum Gasteiger partial charge on any atom is 0.0467 e. The minimum absolute atomic E-state index is 0.175. The molecule has 0 N–H and O–H groups in total. The fourth-order valence-corrected chi connectivity index (χ4v) is 3.81. The van der Waals surface area contributed by atoms with Gasteiger partial charge in [0.2, 0.25) is 0 Å². The first-order chi connectivity index (χ1) is 8.27. The Labute approximate surface area is 113 Å². The highest BCUT2D eigenvalue weighted by atomic mass is 15.2. The number of hydrogen-bond donors (Lipinski definition) is 0. The fraction of sp³-hybridized carbons (Fsp3) is 0.647. The zero-order valence-electron chi connectivity index (χ0n) is 13.1. The summed E-state index contributed by atoms with van der Waals surface area (Å²) in [4.78, 5) is 2.48. The van der Waals surface area contributed by atoms with Crippen LogP contribution in [0.1, 0.15) is 48.0 Å². The molecule has 0 spiro atoms. The molecule has 0 aromatic heterocycles. The van der Waals surface area contributed by atoms with Crippen LogP contribution in [0.25, 0.3) is 0 Å². The summed E-state index contributed by atoms with van der Waals surface area (Å²) in [6, 6.07) is 10.7. The summed E-state index contributed by atoms with van der Waals surface area (Å²) in [6.07, 6.45) is 1.15. The fourth-order valence-electron chi connectivity index (χ4n) is 3.81. The number of para-hydroxylation sites is 1. The van der Waals surface area contributed by atoms with Crippen LogP contribution in [0, 0.1) is 11.3 Å². The van der Waals surface area contributed by atoms with Gasteiger partial charge in [-0.2, -0.15) is 0 Å². The average Bonchev–Trinajstić information content (AvgIpc) is 2.29. The third-order valence-corrected chi connectivity index (χ3v) is 4.53. The lowest BCUT2D eigenvalue weighted by atomic mass is 9.64. The van der Waals surface area contributed by atoms with Crippen LogP contribution in [-0.2, 0) is 0 Å². The Bertz CT molecular complexity index is 361. The van der Waals surface area contributed by atoms with Gasteiger partial charge in [0.25, 0.3) is 0 Å². The van der Waals surface area contributed by atoms with E-state index in [-0.39, 0.29) is 11.0 Å². The lowest BCUT2D eigenvalue weighted by Crippen LogP contribution is -2.59. The lowest BCUT2D eigenvalue weighted by molar-refractivity contribution is 0.117. The van der Waals surface area contributed by atoms with Crippen LogP contribution >= 0.6 is 0 Å². The van der Waals surface area contributed by atoms with E-state index in [2.05, 4.69) is 83.8 Å². The second-order valence-corrected chi connectivity index (χ2v) is 6.58.